The number of halogens is 3. The molecular formula is C14H12F3N7. The van der Waals surface area contributed by atoms with Crippen LogP contribution in [0.5, 0.6) is 0 Å². The van der Waals surface area contributed by atoms with E-state index in [-0.39, 0.29) is 5.82 Å². The van der Waals surface area contributed by atoms with Crippen molar-refractivity contribution in [3.63, 3.8) is 0 Å². The lowest BCUT2D eigenvalue weighted by Crippen LogP contribution is -2.07. The Morgan fingerprint density at radius 3 is 2.54 bits per heavy atom. The van der Waals surface area contributed by atoms with Crippen molar-refractivity contribution in [2.45, 2.75) is 6.18 Å². The molecule has 0 unspecified atom stereocenters. The van der Waals surface area contributed by atoms with Gasteiger partial charge in [0.2, 0.25) is 0 Å². The monoisotopic (exact) mass is 335 g/mol. The molecule has 0 aliphatic rings. The third kappa shape index (κ3) is 3.03. The smallest absolute Gasteiger partial charge is 0.369 e. The van der Waals surface area contributed by atoms with Gasteiger partial charge in [-0.2, -0.15) is 23.0 Å². The van der Waals surface area contributed by atoms with Gasteiger partial charge < -0.3 is 4.90 Å². The highest BCUT2D eigenvalue weighted by molar-refractivity contribution is 5.86. The van der Waals surface area contributed by atoms with Crippen molar-refractivity contribution in [1.29, 1.82) is 0 Å². The summed E-state index contributed by atoms with van der Waals surface area (Å²) in [5.41, 5.74) is -0.420. The normalized spacial score (nSPS) is 12.2. The van der Waals surface area contributed by atoms with Crippen molar-refractivity contribution < 1.29 is 13.2 Å². The second-order valence-electron chi connectivity index (χ2n) is 5.10. The summed E-state index contributed by atoms with van der Waals surface area (Å²) in [6, 6.07) is 2.18. The third-order valence-electron chi connectivity index (χ3n) is 3.05. The standard InChI is InChI=1S/C14H12F3N7/c1-23(2)8-21-12-10-6-22-24(13(10)20-7-19-12)11-4-3-9(5-18-11)14(15,16)17/h3-8H,1-2H3/b21-8+. The number of hydrogen-bond donors (Lipinski definition) is 0. The van der Waals surface area contributed by atoms with Crippen LogP contribution in [0.25, 0.3) is 16.9 Å². The number of alkyl halides is 3. The lowest BCUT2D eigenvalue weighted by molar-refractivity contribution is -0.137. The fraction of sp³-hybridized carbons (Fsp3) is 0.214. The van der Waals surface area contributed by atoms with Crippen LogP contribution in [-0.2, 0) is 6.18 Å². The minimum atomic E-state index is -4.44. The average molecular weight is 335 g/mol. The Balaban J connectivity index is 2.04. The Bertz CT molecular complexity index is 882. The zero-order chi connectivity index (χ0) is 17.3. The van der Waals surface area contributed by atoms with E-state index in [1.165, 1.54) is 23.3 Å². The molecule has 0 spiro atoms. The van der Waals surface area contributed by atoms with E-state index in [4.69, 9.17) is 0 Å². The fourth-order valence-electron chi connectivity index (χ4n) is 1.95. The largest absolute Gasteiger partial charge is 0.417 e. The highest BCUT2D eigenvalue weighted by atomic mass is 19.4. The molecule has 3 heterocycles. The summed E-state index contributed by atoms with van der Waals surface area (Å²) in [6.45, 7) is 0. The molecule has 3 rings (SSSR count). The number of aliphatic imine (C=N–C) groups is 1. The van der Waals surface area contributed by atoms with E-state index in [0.29, 0.717) is 16.9 Å². The molecule has 24 heavy (non-hydrogen) atoms. The molecule has 0 saturated heterocycles. The predicted octanol–water partition coefficient (Wildman–Crippen LogP) is 2.45. The van der Waals surface area contributed by atoms with Gasteiger partial charge in [0, 0.05) is 20.3 Å². The first-order valence-electron chi connectivity index (χ1n) is 6.79. The van der Waals surface area contributed by atoms with Gasteiger partial charge in [0.15, 0.2) is 17.3 Å². The SMILES string of the molecule is CN(C)/C=N/c1ncnc2c1cnn2-c1ccc(C(F)(F)F)cn1. The van der Waals surface area contributed by atoms with Crippen molar-refractivity contribution in [3.8, 4) is 5.82 Å². The summed E-state index contributed by atoms with van der Waals surface area (Å²) in [4.78, 5) is 18.0. The number of aromatic nitrogens is 5. The van der Waals surface area contributed by atoms with Crippen LogP contribution in [0.1, 0.15) is 5.56 Å². The number of pyridine rings is 1. The molecule has 0 radical (unpaired) electrons. The Morgan fingerprint density at radius 1 is 1.12 bits per heavy atom. The van der Waals surface area contributed by atoms with Gasteiger partial charge in [0.1, 0.15) is 6.33 Å². The highest BCUT2D eigenvalue weighted by Gasteiger charge is 2.30. The first-order valence-corrected chi connectivity index (χ1v) is 6.79. The first kappa shape index (κ1) is 15.8. The first-order chi connectivity index (χ1) is 11.4. The van der Waals surface area contributed by atoms with Crippen LogP contribution in [0.4, 0.5) is 19.0 Å². The molecule has 3 aromatic heterocycles. The minimum absolute atomic E-state index is 0.222. The van der Waals surface area contributed by atoms with Crippen molar-refractivity contribution in [2.24, 2.45) is 4.99 Å². The second kappa shape index (κ2) is 5.87. The van der Waals surface area contributed by atoms with Crippen LogP contribution in [0.15, 0.2) is 35.8 Å². The van der Waals surface area contributed by atoms with Crippen molar-refractivity contribution in [3.05, 3.63) is 36.4 Å². The number of hydrogen-bond acceptors (Lipinski definition) is 5. The van der Waals surface area contributed by atoms with Crippen LogP contribution in [0.2, 0.25) is 0 Å². The molecule has 0 aliphatic heterocycles. The molecule has 10 heteroatoms. The maximum atomic E-state index is 12.6. The summed E-state index contributed by atoms with van der Waals surface area (Å²) in [6.07, 6.45) is 0.711. The lowest BCUT2D eigenvalue weighted by Gasteiger charge is -2.07. The van der Waals surface area contributed by atoms with Gasteiger partial charge in [-0.15, -0.1) is 0 Å². The van der Waals surface area contributed by atoms with E-state index in [9.17, 15) is 13.2 Å². The van der Waals surface area contributed by atoms with Gasteiger partial charge in [0.25, 0.3) is 0 Å². The number of nitrogens with zero attached hydrogens (tertiary/aromatic N) is 7. The van der Waals surface area contributed by atoms with E-state index in [0.717, 1.165) is 12.3 Å². The molecule has 124 valence electrons. The maximum absolute atomic E-state index is 12.6. The van der Waals surface area contributed by atoms with Gasteiger partial charge in [-0.05, 0) is 12.1 Å². The van der Waals surface area contributed by atoms with Crippen LogP contribution in [-0.4, -0.2) is 50.1 Å². The van der Waals surface area contributed by atoms with Gasteiger partial charge in [0.05, 0.1) is 23.5 Å². The van der Waals surface area contributed by atoms with E-state index in [1.54, 1.807) is 11.2 Å². The Labute approximate surface area is 134 Å². The predicted molar refractivity (Wildman–Crippen MR) is 81.3 cm³/mol. The van der Waals surface area contributed by atoms with Gasteiger partial charge in [-0.3, -0.25) is 0 Å². The fourth-order valence-corrected chi connectivity index (χ4v) is 1.95. The quantitative estimate of drug-likeness (QED) is 0.543. The van der Waals surface area contributed by atoms with Crippen LogP contribution >= 0.6 is 0 Å². The third-order valence-corrected chi connectivity index (χ3v) is 3.05. The molecule has 0 saturated carbocycles. The van der Waals surface area contributed by atoms with Crippen molar-refractivity contribution in [1.82, 2.24) is 29.6 Å². The topological polar surface area (TPSA) is 72.1 Å². The summed E-state index contributed by atoms with van der Waals surface area (Å²) in [7, 11) is 3.63. The average Bonchev–Trinajstić information content (AvgIpc) is 2.96. The molecule has 7 nitrogen and oxygen atoms in total. The molecule has 0 atom stereocenters. The van der Waals surface area contributed by atoms with Crippen LogP contribution in [0.3, 0.4) is 0 Å². The Kier molecular flexibility index (Phi) is 3.87. The molecular weight excluding hydrogens is 323 g/mol. The number of rotatable bonds is 3. The van der Waals surface area contributed by atoms with E-state index in [1.807, 2.05) is 14.1 Å². The maximum Gasteiger partial charge on any atom is 0.417 e. The Morgan fingerprint density at radius 2 is 1.92 bits per heavy atom. The zero-order valence-electron chi connectivity index (χ0n) is 12.7. The van der Waals surface area contributed by atoms with Crippen LogP contribution < -0.4 is 0 Å². The van der Waals surface area contributed by atoms with Gasteiger partial charge in [-0.25, -0.2) is 19.9 Å². The Hall–Kier alpha value is -3.04. The minimum Gasteiger partial charge on any atom is -0.369 e. The molecule has 3 aromatic rings. The molecule has 0 amide bonds. The van der Waals surface area contributed by atoms with Crippen molar-refractivity contribution in [2.75, 3.05) is 14.1 Å². The summed E-state index contributed by atoms with van der Waals surface area (Å²) in [5.74, 6) is 0.631. The molecule has 0 aliphatic carbocycles. The lowest BCUT2D eigenvalue weighted by atomic mass is 10.3. The summed E-state index contributed by atoms with van der Waals surface area (Å²) in [5, 5.41) is 4.70. The van der Waals surface area contributed by atoms with E-state index >= 15 is 0 Å². The van der Waals surface area contributed by atoms with E-state index < -0.39 is 11.7 Å². The van der Waals surface area contributed by atoms with Gasteiger partial charge in [-0.1, -0.05) is 0 Å². The van der Waals surface area contributed by atoms with Gasteiger partial charge >= 0.3 is 6.18 Å². The van der Waals surface area contributed by atoms with E-state index in [2.05, 4.69) is 25.0 Å². The highest BCUT2D eigenvalue weighted by Crippen LogP contribution is 2.29. The molecule has 0 fully saturated rings. The molecule has 0 aromatic carbocycles. The summed E-state index contributed by atoms with van der Waals surface area (Å²) >= 11 is 0. The molecule has 0 bridgehead atoms. The zero-order valence-corrected chi connectivity index (χ0v) is 12.7. The van der Waals surface area contributed by atoms with Crippen molar-refractivity contribution >= 4 is 23.2 Å². The second-order valence-corrected chi connectivity index (χ2v) is 5.10. The van der Waals surface area contributed by atoms with Crippen LogP contribution in [0, 0.1) is 0 Å². The molecule has 0 N–H and O–H groups in total. The summed E-state index contributed by atoms with van der Waals surface area (Å²) < 4.78 is 39.2. The number of fused-ring (bicyclic) bond motifs is 1.